The van der Waals surface area contributed by atoms with E-state index in [9.17, 15) is 4.39 Å². The van der Waals surface area contributed by atoms with Gasteiger partial charge in [-0.2, -0.15) is 0 Å². The summed E-state index contributed by atoms with van der Waals surface area (Å²) in [5, 5.41) is 0. The zero-order valence-corrected chi connectivity index (χ0v) is 10.5. The largest absolute Gasteiger partial charge is 0.469 e. The van der Waals surface area contributed by atoms with E-state index in [-0.39, 0.29) is 10.6 Å². The van der Waals surface area contributed by atoms with Crippen LogP contribution in [-0.2, 0) is 6.42 Å². The van der Waals surface area contributed by atoms with Crippen molar-refractivity contribution < 1.29 is 8.81 Å². The Morgan fingerprint density at radius 1 is 1.38 bits per heavy atom. The molecular weight excluding hydrogens is 271 g/mol. The molecule has 0 radical (unpaired) electrons. The van der Waals surface area contributed by atoms with Gasteiger partial charge in [-0.3, -0.25) is 0 Å². The van der Waals surface area contributed by atoms with Gasteiger partial charge in [-0.15, -0.1) is 0 Å². The van der Waals surface area contributed by atoms with Crippen molar-refractivity contribution >= 4 is 15.9 Å². The summed E-state index contributed by atoms with van der Waals surface area (Å²) in [5.41, 5.74) is 1.75. The van der Waals surface area contributed by atoms with Crippen molar-refractivity contribution in [2.45, 2.75) is 18.2 Å². The lowest BCUT2D eigenvalue weighted by atomic mass is 10.1. The molecule has 0 fully saturated rings. The van der Waals surface area contributed by atoms with Crippen LogP contribution in [0.3, 0.4) is 0 Å². The second kappa shape index (κ2) is 4.83. The van der Waals surface area contributed by atoms with Gasteiger partial charge in [-0.1, -0.05) is 34.1 Å². The van der Waals surface area contributed by atoms with Gasteiger partial charge in [0.2, 0.25) is 0 Å². The average molecular weight is 283 g/mol. The summed E-state index contributed by atoms with van der Waals surface area (Å²) < 4.78 is 18.7. The summed E-state index contributed by atoms with van der Waals surface area (Å²) >= 11 is 3.54. The maximum absolute atomic E-state index is 13.4. The van der Waals surface area contributed by atoms with E-state index >= 15 is 0 Å². The lowest BCUT2D eigenvalue weighted by Crippen LogP contribution is -1.96. The summed E-state index contributed by atoms with van der Waals surface area (Å²) in [7, 11) is 0. The van der Waals surface area contributed by atoms with Gasteiger partial charge < -0.3 is 4.42 Å². The summed E-state index contributed by atoms with van der Waals surface area (Å²) in [5.74, 6) is 0.708. The molecule has 2 aromatic rings. The van der Waals surface area contributed by atoms with Crippen LogP contribution in [-0.4, -0.2) is 0 Å². The number of rotatable bonds is 3. The van der Waals surface area contributed by atoms with E-state index in [4.69, 9.17) is 4.42 Å². The van der Waals surface area contributed by atoms with Crippen molar-refractivity contribution in [3.8, 4) is 0 Å². The molecule has 0 amide bonds. The minimum absolute atomic E-state index is 0.0850. The molecule has 0 bridgehead atoms. The van der Waals surface area contributed by atoms with Crippen LogP contribution in [0.2, 0.25) is 0 Å². The third-order valence-electron chi connectivity index (χ3n) is 2.47. The molecule has 84 valence electrons. The third-order valence-corrected chi connectivity index (χ3v) is 3.32. The Morgan fingerprint density at radius 2 is 2.12 bits per heavy atom. The van der Waals surface area contributed by atoms with Gasteiger partial charge in [-0.25, -0.2) is 4.39 Å². The number of hydrogen-bond acceptors (Lipinski definition) is 1. The second-order valence-electron chi connectivity index (χ2n) is 3.75. The monoisotopic (exact) mass is 282 g/mol. The van der Waals surface area contributed by atoms with Gasteiger partial charge in [0.1, 0.15) is 11.6 Å². The summed E-state index contributed by atoms with van der Waals surface area (Å²) in [6.45, 7) is 1.90. The van der Waals surface area contributed by atoms with Gasteiger partial charge in [-0.05, 0) is 31.0 Å². The van der Waals surface area contributed by atoms with Crippen LogP contribution in [0.25, 0.3) is 0 Å². The van der Waals surface area contributed by atoms with Crippen LogP contribution in [0.1, 0.15) is 21.7 Å². The topological polar surface area (TPSA) is 13.1 Å². The van der Waals surface area contributed by atoms with E-state index in [1.807, 2.05) is 19.1 Å². The summed E-state index contributed by atoms with van der Waals surface area (Å²) in [6.07, 6.45) is 2.32. The van der Waals surface area contributed by atoms with E-state index in [1.54, 1.807) is 18.4 Å². The van der Waals surface area contributed by atoms with Gasteiger partial charge in [0.15, 0.2) is 0 Å². The van der Waals surface area contributed by atoms with Gasteiger partial charge >= 0.3 is 0 Å². The van der Waals surface area contributed by atoms with E-state index < -0.39 is 0 Å². The number of alkyl halides is 1. The van der Waals surface area contributed by atoms with Crippen LogP contribution in [0, 0.1) is 12.7 Å². The minimum atomic E-state index is -0.160. The zero-order valence-electron chi connectivity index (χ0n) is 8.91. The second-order valence-corrected chi connectivity index (χ2v) is 4.86. The zero-order chi connectivity index (χ0) is 11.5. The molecule has 3 heteroatoms. The van der Waals surface area contributed by atoms with Crippen LogP contribution < -0.4 is 0 Å². The van der Waals surface area contributed by atoms with Crippen molar-refractivity contribution in [3.63, 3.8) is 0 Å². The first kappa shape index (κ1) is 11.4. The van der Waals surface area contributed by atoms with Crippen molar-refractivity contribution in [2.75, 3.05) is 0 Å². The Hall–Kier alpha value is -1.09. The van der Waals surface area contributed by atoms with E-state index in [1.165, 1.54) is 6.07 Å². The SMILES string of the molecule is Cc1cc(C(Br)Cc2ccccc2F)co1. The highest BCUT2D eigenvalue weighted by Crippen LogP contribution is 2.29. The number of furan rings is 1. The molecule has 1 nitrogen and oxygen atoms in total. The first-order chi connectivity index (χ1) is 7.66. The van der Waals surface area contributed by atoms with Crippen LogP contribution in [0.4, 0.5) is 4.39 Å². The highest BCUT2D eigenvalue weighted by molar-refractivity contribution is 9.09. The van der Waals surface area contributed by atoms with Crippen LogP contribution >= 0.6 is 15.9 Å². The molecule has 16 heavy (non-hydrogen) atoms. The lowest BCUT2D eigenvalue weighted by molar-refractivity contribution is 0.531. The van der Waals surface area contributed by atoms with Crippen molar-refractivity contribution in [1.82, 2.24) is 0 Å². The normalized spacial score (nSPS) is 12.7. The fourth-order valence-electron chi connectivity index (χ4n) is 1.60. The standard InChI is InChI=1S/C13H12BrFO/c1-9-6-11(8-16-9)12(14)7-10-4-2-3-5-13(10)15/h2-6,8,12H,7H2,1H3. The fourth-order valence-corrected chi connectivity index (χ4v) is 2.19. The van der Waals surface area contributed by atoms with Gasteiger partial charge in [0.25, 0.3) is 0 Å². The highest BCUT2D eigenvalue weighted by Gasteiger charge is 2.12. The van der Waals surface area contributed by atoms with Crippen LogP contribution in [0.5, 0.6) is 0 Å². The predicted octanol–water partition coefficient (Wildman–Crippen LogP) is 4.41. The van der Waals surface area contributed by atoms with Gasteiger partial charge in [0.05, 0.1) is 6.26 Å². The molecule has 0 spiro atoms. The Kier molecular flexibility index (Phi) is 3.44. The van der Waals surface area contributed by atoms with Gasteiger partial charge in [0, 0.05) is 10.4 Å². The molecule has 1 atom stereocenters. The van der Waals surface area contributed by atoms with Crippen LogP contribution in [0.15, 0.2) is 41.0 Å². The number of halogens is 2. The molecule has 0 saturated heterocycles. The number of aryl methyl sites for hydroxylation is 1. The molecule has 0 aliphatic carbocycles. The molecule has 0 N–H and O–H groups in total. The predicted molar refractivity (Wildman–Crippen MR) is 65.2 cm³/mol. The number of benzene rings is 1. The first-order valence-corrected chi connectivity index (χ1v) is 6.01. The van der Waals surface area contributed by atoms with Crippen molar-refractivity contribution in [3.05, 3.63) is 59.3 Å². The number of hydrogen-bond donors (Lipinski definition) is 0. The molecule has 1 aromatic heterocycles. The lowest BCUT2D eigenvalue weighted by Gasteiger charge is -2.07. The van der Waals surface area contributed by atoms with E-state index in [0.717, 1.165) is 11.3 Å². The quantitative estimate of drug-likeness (QED) is 0.761. The highest BCUT2D eigenvalue weighted by atomic mass is 79.9. The smallest absolute Gasteiger partial charge is 0.126 e. The summed E-state index contributed by atoms with van der Waals surface area (Å²) in [6, 6.07) is 8.79. The fraction of sp³-hybridized carbons (Fsp3) is 0.231. The van der Waals surface area contributed by atoms with Crippen molar-refractivity contribution in [1.29, 1.82) is 0 Å². The maximum atomic E-state index is 13.4. The third kappa shape index (κ3) is 2.53. The molecule has 0 saturated carbocycles. The molecule has 1 unspecified atom stereocenters. The Morgan fingerprint density at radius 3 is 2.75 bits per heavy atom. The van der Waals surface area contributed by atoms with E-state index in [2.05, 4.69) is 15.9 Å². The van der Waals surface area contributed by atoms with E-state index in [0.29, 0.717) is 12.0 Å². The first-order valence-electron chi connectivity index (χ1n) is 5.09. The molecular formula is C13H12BrFO. The Labute approximate surface area is 102 Å². The molecule has 2 rings (SSSR count). The average Bonchev–Trinajstić information content (AvgIpc) is 2.68. The Bertz CT molecular complexity index is 478. The van der Waals surface area contributed by atoms with Crippen molar-refractivity contribution in [2.24, 2.45) is 0 Å². The molecule has 1 aromatic carbocycles. The maximum Gasteiger partial charge on any atom is 0.126 e. The minimum Gasteiger partial charge on any atom is -0.469 e. The summed E-state index contributed by atoms with van der Waals surface area (Å²) in [4.78, 5) is 0.0850. The molecule has 1 heterocycles. The molecule has 0 aliphatic heterocycles. The molecule has 0 aliphatic rings. The Balaban J connectivity index is 2.13.